The molecule has 1 N–H and O–H groups in total. The van der Waals surface area contributed by atoms with E-state index in [9.17, 15) is 13.2 Å². The average molecular weight is 570 g/mol. The van der Waals surface area contributed by atoms with Gasteiger partial charge in [-0.1, -0.05) is 87.8 Å². The van der Waals surface area contributed by atoms with Crippen molar-refractivity contribution in [1.29, 1.82) is 0 Å². The van der Waals surface area contributed by atoms with Crippen molar-refractivity contribution in [2.24, 2.45) is 5.92 Å². The number of nitrogens with zero attached hydrogens (tertiary/aromatic N) is 4. The smallest absolute Gasteiger partial charge is 0.243 e. The van der Waals surface area contributed by atoms with Crippen LogP contribution in [0.4, 0.5) is 0 Å². The van der Waals surface area contributed by atoms with E-state index in [4.69, 9.17) is 0 Å². The molecule has 1 aliphatic rings. The maximum atomic E-state index is 13.2. The standard InChI is InChI=1S/C29H39N5O3S2/c1-4-33(5-2)39(36,37)25-16-11-15-24(20-25)28-31-32-29(34(28)19-18-23-13-7-6-8-14-23)38-21-27(35)30-26-17-10-9-12-22(26)3/h6-8,11,13-16,20,22,26H,4-5,9-10,12,17-19,21H2,1-3H3,(H,30,35)/t22-,26+/m1/s1. The van der Waals surface area contributed by atoms with Crippen molar-refractivity contribution in [3.63, 3.8) is 0 Å². The van der Waals surface area contributed by atoms with E-state index in [1.54, 1.807) is 18.2 Å². The van der Waals surface area contributed by atoms with Gasteiger partial charge in [0.15, 0.2) is 11.0 Å². The lowest BCUT2D eigenvalue weighted by molar-refractivity contribution is -0.119. The van der Waals surface area contributed by atoms with Crippen LogP contribution in [-0.2, 0) is 27.8 Å². The molecule has 2 aromatic carbocycles. The Balaban J connectivity index is 1.58. The molecule has 10 heteroatoms. The van der Waals surface area contributed by atoms with Gasteiger partial charge in [-0.25, -0.2) is 8.42 Å². The second-order valence-corrected chi connectivity index (χ2v) is 12.9. The van der Waals surface area contributed by atoms with Crippen molar-refractivity contribution in [3.05, 3.63) is 60.2 Å². The summed E-state index contributed by atoms with van der Waals surface area (Å²) in [6.45, 7) is 7.28. The predicted octanol–water partition coefficient (Wildman–Crippen LogP) is 5.01. The molecule has 1 aromatic heterocycles. The summed E-state index contributed by atoms with van der Waals surface area (Å²) in [5, 5.41) is 12.8. The van der Waals surface area contributed by atoms with Gasteiger partial charge in [0.05, 0.1) is 10.6 Å². The number of thioether (sulfide) groups is 1. The highest BCUT2D eigenvalue weighted by atomic mass is 32.2. The van der Waals surface area contributed by atoms with E-state index in [0.717, 1.165) is 25.7 Å². The zero-order valence-electron chi connectivity index (χ0n) is 23.0. The minimum atomic E-state index is -3.62. The van der Waals surface area contributed by atoms with Gasteiger partial charge in [-0.3, -0.25) is 4.79 Å². The largest absolute Gasteiger partial charge is 0.352 e. The number of aromatic nitrogens is 3. The number of sulfonamides is 1. The number of amides is 1. The Hall–Kier alpha value is -2.69. The van der Waals surface area contributed by atoms with Crippen LogP contribution in [0.3, 0.4) is 0 Å². The second-order valence-electron chi connectivity index (χ2n) is 10.0. The lowest BCUT2D eigenvalue weighted by atomic mass is 9.86. The summed E-state index contributed by atoms with van der Waals surface area (Å²) in [5.41, 5.74) is 1.85. The van der Waals surface area contributed by atoms with Crippen molar-refractivity contribution >= 4 is 27.7 Å². The molecule has 39 heavy (non-hydrogen) atoms. The van der Waals surface area contributed by atoms with Crippen molar-refractivity contribution in [2.45, 2.75) is 75.5 Å². The van der Waals surface area contributed by atoms with Gasteiger partial charge < -0.3 is 9.88 Å². The average Bonchev–Trinajstić information content (AvgIpc) is 3.36. The fourth-order valence-electron chi connectivity index (χ4n) is 5.11. The second kappa shape index (κ2) is 13.6. The first-order valence-corrected chi connectivity index (χ1v) is 16.3. The number of aryl methyl sites for hydroxylation is 1. The maximum absolute atomic E-state index is 13.2. The molecule has 1 saturated carbocycles. The highest BCUT2D eigenvalue weighted by molar-refractivity contribution is 7.99. The van der Waals surface area contributed by atoms with Gasteiger partial charge in [-0.15, -0.1) is 10.2 Å². The van der Waals surface area contributed by atoms with Gasteiger partial charge in [-0.2, -0.15) is 4.31 Å². The molecule has 0 aliphatic heterocycles. The van der Waals surface area contributed by atoms with Crippen LogP contribution in [0.25, 0.3) is 11.4 Å². The van der Waals surface area contributed by atoms with Gasteiger partial charge in [0.25, 0.3) is 0 Å². The third-order valence-electron chi connectivity index (χ3n) is 7.41. The molecule has 1 amide bonds. The van der Waals surface area contributed by atoms with E-state index in [0.29, 0.717) is 42.1 Å². The Labute approximate surface area is 236 Å². The number of carbonyl (C=O) groups is 1. The number of hydrogen-bond acceptors (Lipinski definition) is 6. The van der Waals surface area contributed by atoms with E-state index < -0.39 is 10.0 Å². The van der Waals surface area contributed by atoms with Crippen LogP contribution in [0.5, 0.6) is 0 Å². The fraction of sp³-hybridized carbons (Fsp3) is 0.483. The van der Waals surface area contributed by atoms with Gasteiger partial charge in [0.1, 0.15) is 0 Å². The minimum absolute atomic E-state index is 0.00484. The number of hydrogen-bond donors (Lipinski definition) is 1. The quantitative estimate of drug-likeness (QED) is 0.308. The first-order chi connectivity index (χ1) is 18.8. The Morgan fingerprint density at radius 3 is 2.51 bits per heavy atom. The first kappa shape index (κ1) is 29.3. The van der Waals surface area contributed by atoms with Crippen molar-refractivity contribution in [1.82, 2.24) is 24.4 Å². The van der Waals surface area contributed by atoms with Crippen molar-refractivity contribution in [2.75, 3.05) is 18.8 Å². The zero-order chi connectivity index (χ0) is 27.8. The normalized spacial score (nSPS) is 17.8. The van der Waals surface area contributed by atoms with Crippen LogP contribution >= 0.6 is 11.8 Å². The lowest BCUT2D eigenvalue weighted by Crippen LogP contribution is -2.41. The SMILES string of the molecule is CCN(CC)S(=O)(=O)c1cccc(-c2nnc(SCC(=O)N[C@H]3CCCC[C@H]3C)n2CCc2ccccc2)c1. The Morgan fingerprint density at radius 2 is 1.79 bits per heavy atom. The molecule has 0 saturated heterocycles. The van der Waals surface area contributed by atoms with Gasteiger partial charge in [0, 0.05) is 31.2 Å². The third-order valence-corrected chi connectivity index (χ3v) is 10.4. The zero-order valence-corrected chi connectivity index (χ0v) is 24.7. The number of carbonyl (C=O) groups excluding carboxylic acids is 1. The first-order valence-electron chi connectivity index (χ1n) is 13.8. The molecule has 0 unspecified atom stereocenters. The lowest BCUT2D eigenvalue weighted by Gasteiger charge is -2.29. The topological polar surface area (TPSA) is 97.2 Å². The number of nitrogens with one attached hydrogen (secondary N) is 1. The van der Waals surface area contributed by atoms with Crippen LogP contribution in [0.2, 0.25) is 0 Å². The molecular formula is C29H39N5O3S2. The molecule has 0 bridgehead atoms. The van der Waals surface area contributed by atoms with Crippen LogP contribution in [0.15, 0.2) is 64.6 Å². The molecular weight excluding hydrogens is 530 g/mol. The molecule has 1 fully saturated rings. The summed E-state index contributed by atoms with van der Waals surface area (Å²) in [6.07, 6.45) is 5.32. The summed E-state index contributed by atoms with van der Waals surface area (Å²) in [6, 6.07) is 17.3. The van der Waals surface area contributed by atoms with Gasteiger partial charge >= 0.3 is 0 Å². The summed E-state index contributed by atoms with van der Waals surface area (Å²) in [7, 11) is -3.62. The molecule has 4 rings (SSSR count). The molecule has 0 radical (unpaired) electrons. The summed E-state index contributed by atoms with van der Waals surface area (Å²) >= 11 is 1.37. The highest BCUT2D eigenvalue weighted by Crippen LogP contribution is 2.28. The van der Waals surface area contributed by atoms with E-state index >= 15 is 0 Å². The number of rotatable bonds is 12. The highest BCUT2D eigenvalue weighted by Gasteiger charge is 2.25. The number of benzene rings is 2. The van der Waals surface area contributed by atoms with Crippen LogP contribution in [0, 0.1) is 5.92 Å². The molecule has 1 heterocycles. The fourth-order valence-corrected chi connectivity index (χ4v) is 7.39. The minimum Gasteiger partial charge on any atom is -0.352 e. The van der Waals surface area contributed by atoms with Gasteiger partial charge in [0.2, 0.25) is 15.9 Å². The predicted molar refractivity (Wildman–Crippen MR) is 156 cm³/mol. The molecule has 3 aromatic rings. The monoisotopic (exact) mass is 569 g/mol. The van der Waals surface area contributed by atoms with Crippen LogP contribution in [-0.4, -0.2) is 58.3 Å². The van der Waals surface area contributed by atoms with E-state index in [2.05, 4.69) is 34.6 Å². The summed E-state index contributed by atoms with van der Waals surface area (Å²) < 4.78 is 29.8. The molecule has 2 atom stereocenters. The molecule has 1 aliphatic carbocycles. The summed E-state index contributed by atoms with van der Waals surface area (Å²) in [4.78, 5) is 13.0. The van der Waals surface area contributed by atoms with Gasteiger partial charge in [-0.05, 0) is 42.9 Å². The van der Waals surface area contributed by atoms with E-state index in [1.807, 2.05) is 42.7 Å². The van der Waals surface area contributed by atoms with Crippen molar-refractivity contribution < 1.29 is 13.2 Å². The van der Waals surface area contributed by atoms with Crippen LogP contribution < -0.4 is 5.32 Å². The van der Waals surface area contributed by atoms with E-state index in [1.165, 1.54) is 28.1 Å². The molecule has 8 nitrogen and oxygen atoms in total. The van der Waals surface area contributed by atoms with Crippen LogP contribution in [0.1, 0.15) is 52.0 Å². The molecule has 210 valence electrons. The van der Waals surface area contributed by atoms with E-state index in [-0.39, 0.29) is 22.6 Å². The maximum Gasteiger partial charge on any atom is 0.243 e. The summed E-state index contributed by atoms with van der Waals surface area (Å²) in [5.74, 6) is 1.34. The van der Waals surface area contributed by atoms with Crippen molar-refractivity contribution in [3.8, 4) is 11.4 Å². The Morgan fingerprint density at radius 1 is 1.05 bits per heavy atom. The molecule has 0 spiro atoms. The third kappa shape index (κ3) is 7.29. The Kier molecular flexibility index (Phi) is 10.2. The Bertz CT molecular complexity index is 1340.